The highest BCUT2D eigenvalue weighted by molar-refractivity contribution is 9.10. The van der Waals surface area contributed by atoms with Gasteiger partial charge in [0.15, 0.2) is 0 Å². The zero-order valence-corrected chi connectivity index (χ0v) is 10.1. The molecule has 0 amide bonds. The Bertz CT molecular complexity index is 405. The van der Waals surface area contributed by atoms with Crippen LogP contribution in [-0.4, -0.2) is 24.6 Å². The molecule has 1 saturated heterocycles. The fraction of sp³-hybridized carbons (Fsp3) is 0.400. The quantitative estimate of drug-likeness (QED) is 0.667. The molecular weight excluding hydrogens is 276 g/mol. The van der Waals surface area contributed by atoms with Gasteiger partial charge in [-0.25, -0.2) is 0 Å². The third-order valence-electron chi connectivity index (χ3n) is 2.46. The van der Waals surface area contributed by atoms with Gasteiger partial charge < -0.3 is 10.1 Å². The van der Waals surface area contributed by atoms with Crippen molar-refractivity contribution in [1.29, 1.82) is 0 Å². The van der Waals surface area contributed by atoms with Gasteiger partial charge in [-0.1, -0.05) is 15.9 Å². The number of hydrogen-bond acceptors (Lipinski definition) is 4. The van der Waals surface area contributed by atoms with Crippen LogP contribution in [0.3, 0.4) is 0 Å². The van der Waals surface area contributed by atoms with E-state index in [9.17, 15) is 10.1 Å². The molecule has 6 heteroatoms. The smallest absolute Gasteiger partial charge is 0.276 e. The van der Waals surface area contributed by atoms with Crippen LogP contribution in [0, 0.1) is 10.1 Å². The maximum Gasteiger partial charge on any atom is 0.276 e. The molecule has 1 aliphatic rings. The molecule has 0 saturated carbocycles. The average Bonchev–Trinajstić information content (AvgIpc) is 2.30. The van der Waals surface area contributed by atoms with E-state index in [4.69, 9.17) is 4.74 Å². The van der Waals surface area contributed by atoms with E-state index >= 15 is 0 Å². The number of halogens is 1. The zero-order chi connectivity index (χ0) is 11.5. The normalized spacial score (nSPS) is 20.7. The lowest BCUT2D eigenvalue weighted by Gasteiger charge is -2.23. The molecule has 1 aromatic rings. The van der Waals surface area contributed by atoms with Crippen LogP contribution in [0.1, 0.15) is 11.7 Å². The van der Waals surface area contributed by atoms with Gasteiger partial charge in [0, 0.05) is 23.6 Å². The highest BCUT2D eigenvalue weighted by Crippen LogP contribution is 2.30. The number of morpholine rings is 1. The maximum absolute atomic E-state index is 10.9. The van der Waals surface area contributed by atoms with Gasteiger partial charge in [-0.05, 0) is 12.1 Å². The van der Waals surface area contributed by atoms with E-state index in [1.54, 1.807) is 12.1 Å². The minimum Gasteiger partial charge on any atom is -0.371 e. The molecule has 2 rings (SSSR count). The van der Waals surface area contributed by atoms with Gasteiger partial charge in [0.25, 0.3) is 5.69 Å². The summed E-state index contributed by atoms with van der Waals surface area (Å²) in [4.78, 5) is 10.5. The highest BCUT2D eigenvalue weighted by Gasteiger charge is 2.24. The molecule has 1 heterocycles. The van der Waals surface area contributed by atoms with E-state index in [2.05, 4.69) is 21.2 Å². The first kappa shape index (κ1) is 11.5. The van der Waals surface area contributed by atoms with Crippen molar-refractivity contribution >= 4 is 21.6 Å². The summed E-state index contributed by atoms with van der Waals surface area (Å²) in [6.45, 7) is 1.99. The standard InChI is InChI=1S/C10H11BrN2O3/c11-7-1-2-8(9(5-7)13(14)15)10-6-12-3-4-16-10/h1-2,5,10,12H,3-4,6H2. The topological polar surface area (TPSA) is 64.4 Å². The molecular formula is C10H11BrN2O3. The predicted octanol–water partition coefficient (Wildman–Crippen LogP) is 2.02. The van der Waals surface area contributed by atoms with Gasteiger partial charge in [-0.15, -0.1) is 0 Å². The Labute approximate surface area is 101 Å². The predicted molar refractivity (Wildman–Crippen MR) is 62.4 cm³/mol. The lowest BCUT2D eigenvalue weighted by molar-refractivity contribution is -0.386. The van der Waals surface area contributed by atoms with E-state index < -0.39 is 0 Å². The summed E-state index contributed by atoms with van der Waals surface area (Å²) in [5, 5.41) is 14.1. The summed E-state index contributed by atoms with van der Waals surface area (Å²) >= 11 is 3.23. The molecule has 0 aromatic heterocycles. The largest absolute Gasteiger partial charge is 0.371 e. The van der Waals surface area contributed by atoms with E-state index in [1.807, 2.05) is 0 Å². The van der Waals surface area contributed by atoms with Gasteiger partial charge in [-0.3, -0.25) is 10.1 Å². The van der Waals surface area contributed by atoms with Crippen LogP contribution in [0.4, 0.5) is 5.69 Å². The second-order valence-electron chi connectivity index (χ2n) is 3.52. The summed E-state index contributed by atoms with van der Waals surface area (Å²) < 4.78 is 6.21. The minimum atomic E-state index is -0.377. The van der Waals surface area contributed by atoms with E-state index in [0.29, 0.717) is 23.2 Å². The van der Waals surface area contributed by atoms with Gasteiger partial charge in [-0.2, -0.15) is 0 Å². The van der Waals surface area contributed by atoms with Crippen LogP contribution < -0.4 is 5.32 Å². The van der Waals surface area contributed by atoms with E-state index in [-0.39, 0.29) is 16.7 Å². The number of hydrogen-bond donors (Lipinski definition) is 1. The number of nitrogens with one attached hydrogen (secondary N) is 1. The lowest BCUT2D eigenvalue weighted by Crippen LogP contribution is -2.33. The summed E-state index contributed by atoms with van der Waals surface area (Å²) in [6.07, 6.45) is -0.234. The third kappa shape index (κ3) is 2.40. The number of ether oxygens (including phenoxy) is 1. The molecule has 0 spiro atoms. The monoisotopic (exact) mass is 286 g/mol. The van der Waals surface area contributed by atoms with Crippen molar-refractivity contribution in [2.24, 2.45) is 0 Å². The molecule has 1 atom stereocenters. The first-order chi connectivity index (χ1) is 7.68. The maximum atomic E-state index is 10.9. The van der Waals surface area contributed by atoms with E-state index in [0.717, 1.165) is 6.54 Å². The molecule has 1 aromatic carbocycles. The van der Waals surface area contributed by atoms with Crippen molar-refractivity contribution in [1.82, 2.24) is 5.32 Å². The van der Waals surface area contributed by atoms with Crippen molar-refractivity contribution < 1.29 is 9.66 Å². The van der Waals surface area contributed by atoms with Crippen LogP contribution in [0.5, 0.6) is 0 Å². The van der Waals surface area contributed by atoms with Gasteiger partial charge >= 0.3 is 0 Å². The van der Waals surface area contributed by atoms with Gasteiger partial charge in [0.05, 0.1) is 17.1 Å². The molecule has 1 fully saturated rings. The second-order valence-corrected chi connectivity index (χ2v) is 4.44. The Morgan fingerprint density at radius 1 is 1.56 bits per heavy atom. The summed E-state index contributed by atoms with van der Waals surface area (Å²) in [7, 11) is 0. The highest BCUT2D eigenvalue weighted by atomic mass is 79.9. The number of nitro groups is 1. The van der Waals surface area contributed by atoms with Crippen molar-refractivity contribution in [2.75, 3.05) is 19.7 Å². The Morgan fingerprint density at radius 2 is 2.38 bits per heavy atom. The van der Waals surface area contributed by atoms with Crippen molar-refractivity contribution in [3.63, 3.8) is 0 Å². The molecule has 1 unspecified atom stereocenters. The first-order valence-electron chi connectivity index (χ1n) is 4.94. The van der Waals surface area contributed by atoms with Crippen LogP contribution in [0.2, 0.25) is 0 Å². The van der Waals surface area contributed by atoms with Crippen LogP contribution in [0.25, 0.3) is 0 Å². The van der Waals surface area contributed by atoms with Crippen LogP contribution in [0.15, 0.2) is 22.7 Å². The third-order valence-corrected chi connectivity index (χ3v) is 2.96. The zero-order valence-electron chi connectivity index (χ0n) is 8.48. The fourth-order valence-electron chi connectivity index (χ4n) is 1.71. The molecule has 1 N–H and O–H groups in total. The Morgan fingerprint density at radius 3 is 3.00 bits per heavy atom. The molecule has 1 aliphatic heterocycles. The molecule has 0 radical (unpaired) electrons. The van der Waals surface area contributed by atoms with Gasteiger partial charge in [0.1, 0.15) is 6.10 Å². The molecule has 0 bridgehead atoms. The summed E-state index contributed by atoms with van der Waals surface area (Å²) in [5.74, 6) is 0. The fourth-order valence-corrected chi connectivity index (χ4v) is 2.06. The minimum absolute atomic E-state index is 0.100. The van der Waals surface area contributed by atoms with E-state index in [1.165, 1.54) is 6.07 Å². The molecule has 86 valence electrons. The Kier molecular flexibility index (Phi) is 3.52. The number of nitrogens with zero attached hydrogens (tertiary/aromatic N) is 1. The van der Waals surface area contributed by atoms with Crippen LogP contribution >= 0.6 is 15.9 Å². The Hall–Kier alpha value is -0.980. The summed E-state index contributed by atoms with van der Waals surface area (Å²) in [6, 6.07) is 5.04. The number of nitro benzene ring substituents is 1. The van der Waals surface area contributed by atoms with Gasteiger partial charge in [0.2, 0.25) is 0 Å². The Balaban J connectivity index is 2.34. The average molecular weight is 287 g/mol. The lowest BCUT2D eigenvalue weighted by atomic mass is 10.1. The summed E-state index contributed by atoms with van der Waals surface area (Å²) in [5.41, 5.74) is 0.725. The SMILES string of the molecule is O=[N+]([O-])c1cc(Br)ccc1C1CNCCO1. The van der Waals surface area contributed by atoms with Crippen molar-refractivity contribution in [3.05, 3.63) is 38.3 Å². The molecule has 5 nitrogen and oxygen atoms in total. The van der Waals surface area contributed by atoms with Crippen molar-refractivity contribution in [3.8, 4) is 0 Å². The second kappa shape index (κ2) is 4.90. The van der Waals surface area contributed by atoms with Crippen molar-refractivity contribution in [2.45, 2.75) is 6.10 Å². The molecule has 0 aliphatic carbocycles. The van der Waals surface area contributed by atoms with Crippen LogP contribution in [-0.2, 0) is 4.74 Å². The number of rotatable bonds is 2. The number of benzene rings is 1. The molecule has 16 heavy (non-hydrogen) atoms. The first-order valence-corrected chi connectivity index (χ1v) is 5.74.